The molecule has 0 bridgehead atoms. The Bertz CT molecular complexity index is 363. The first-order chi connectivity index (χ1) is 8.72. The second-order valence-electron chi connectivity index (χ2n) is 5.30. The molecule has 0 spiro atoms. The Morgan fingerprint density at radius 2 is 1.94 bits per heavy atom. The maximum Gasteiger partial charge on any atom is 0.0724 e. The maximum atomic E-state index is 5.61. The van der Waals surface area contributed by atoms with Gasteiger partial charge >= 0.3 is 0 Å². The summed E-state index contributed by atoms with van der Waals surface area (Å²) >= 11 is 0. The van der Waals surface area contributed by atoms with Crippen molar-refractivity contribution in [1.82, 2.24) is 4.90 Å². The van der Waals surface area contributed by atoms with Crippen LogP contribution in [-0.2, 0) is 17.8 Å². The van der Waals surface area contributed by atoms with Crippen molar-refractivity contribution in [2.45, 2.75) is 32.5 Å². The highest BCUT2D eigenvalue weighted by Gasteiger charge is 2.25. The van der Waals surface area contributed by atoms with E-state index in [0.29, 0.717) is 18.6 Å². The lowest BCUT2D eigenvalue weighted by atomic mass is 9.95. The van der Waals surface area contributed by atoms with Crippen LogP contribution in [0.2, 0.25) is 0 Å². The molecule has 2 rings (SSSR count). The Hall–Kier alpha value is -0.900. The van der Waals surface area contributed by atoms with E-state index in [-0.39, 0.29) is 0 Å². The summed E-state index contributed by atoms with van der Waals surface area (Å²) in [5.74, 6) is 0.672. The molecular formula is C15H24N2O. The minimum Gasteiger partial charge on any atom is -0.380 e. The van der Waals surface area contributed by atoms with Gasteiger partial charge < -0.3 is 10.5 Å². The van der Waals surface area contributed by atoms with Gasteiger partial charge in [0.2, 0.25) is 0 Å². The van der Waals surface area contributed by atoms with E-state index in [4.69, 9.17) is 10.5 Å². The van der Waals surface area contributed by atoms with Gasteiger partial charge in [0.25, 0.3) is 0 Å². The first kappa shape index (κ1) is 13.5. The lowest BCUT2D eigenvalue weighted by Crippen LogP contribution is -2.43. The van der Waals surface area contributed by atoms with Crippen LogP contribution in [0.15, 0.2) is 24.3 Å². The molecule has 1 saturated heterocycles. The smallest absolute Gasteiger partial charge is 0.0724 e. The van der Waals surface area contributed by atoms with E-state index in [1.165, 1.54) is 24.1 Å². The van der Waals surface area contributed by atoms with Crippen molar-refractivity contribution in [2.75, 3.05) is 20.2 Å². The highest BCUT2D eigenvalue weighted by atomic mass is 16.5. The minimum absolute atomic E-state index is 0.377. The maximum absolute atomic E-state index is 5.61. The van der Waals surface area contributed by atoms with E-state index in [9.17, 15) is 0 Å². The summed E-state index contributed by atoms with van der Waals surface area (Å²) < 4.78 is 5.55. The number of nitrogens with two attached hydrogens (primary N) is 1. The summed E-state index contributed by atoms with van der Waals surface area (Å²) in [7, 11) is 1.82. The molecule has 3 nitrogen and oxygen atoms in total. The van der Waals surface area contributed by atoms with Gasteiger partial charge in [-0.05, 0) is 30.0 Å². The molecule has 0 saturated carbocycles. The Morgan fingerprint density at radius 3 is 2.56 bits per heavy atom. The third-order valence-corrected chi connectivity index (χ3v) is 3.94. The van der Waals surface area contributed by atoms with Crippen LogP contribution in [0.5, 0.6) is 0 Å². The standard InChI is InChI=1S/C15H24N2O/c1-12-7-8-17(11-15(12)18-2)10-14-5-3-13(9-16)4-6-14/h3-6,12,15H,7-11,16H2,1-2H3. The number of hydrogen-bond acceptors (Lipinski definition) is 3. The monoisotopic (exact) mass is 248 g/mol. The lowest BCUT2D eigenvalue weighted by Gasteiger charge is -2.36. The van der Waals surface area contributed by atoms with Crippen LogP contribution in [0, 0.1) is 5.92 Å². The van der Waals surface area contributed by atoms with Gasteiger partial charge in [0.05, 0.1) is 6.10 Å². The molecule has 2 unspecified atom stereocenters. The number of ether oxygens (including phenoxy) is 1. The van der Waals surface area contributed by atoms with Crippen molar-refractivity contribution in [1.29, 1.82) is 0 Å². The average molecular weight is 248 g/mol. The van der Waals surface area contributed by atoms with E-state index in [1.807, 2.05) is 7.11 Å². The van der Waals surface area contributed by atoms with E-state index >= 15 is 0 Å². The zero-order valence-corrected chi connectivity index (χ0v) is 11.4. The number of nitrogens with zero attached hydrogens (tertiary/aromatic N) is 1. The molecule has 0 aromatic heterocycles. The van der Waals surface area contributed by atoms with Gasteiger partial charge in [0.1, 0.15) is 0 Å². The van der Waals surface area contributed by atoms with E-state index in [1.54, 1.807) is 0 Å². The summed E-state index contributed by atoms with van der Waals surface area (Å²) in [5.41, 5.74) is 8.16. The fourth-order valence-corrected chi connectivity index (χ4v) is 2.59. The van der Waals surface area contributed by atoms with Gasteiger partial charge in [-0.25, -0.2) is 0 Å². The summed E-state index contributed by atoms with van der Waals surface area (Å²) in [6.45, 7) is 6.11. The highest BCUT2D eigenvalue weighted by molar-refractivity contribution is 5.22. The van der Waals surface area contributed by atoms with Gasteiger partial charge in [-0.3, -0.25) is 4.90 Å². The molecule has 1 heterocycles. The SMILES string of the molecule is COC1CN(Cc2ccc(CN)cc2)CCC1C. The molecule has 1 aromatic rings. The topological polar surface area (TPSA) is 38.5 Å². The third-order valence-electron chi connectivity index (χ3n) is 3.94. The molecule has 1 fully saturated rings. The molecule has 2 atom stereocenters. The van der Waals surface area contributed by atoms with E-state index < -0.39 is 0 Å². The zero-order chi connectivity index (χ0) is 13.0. The number of benzene rings is 1. The van der Waals surface area contributed by atoms with E-state index in [2.05, 4.69) is 36.1 Å². The van der Waals surface area contributed by atoms with Crippen molar-refractivity contribution < 1.29 is 4.74 Å². The number of rotatable bonds is 4. The first-order valence-electron chi connectivity index (χ1n) is 6.76. The quantitative estimate of drug-likeness (QED) is 0.885. The number of piperidine rings is 1. The minimum atomic E-state index is 0.377. The number of hydrogen-bond donors (Lipinski definition) is 1. The number of methoxy groups -OCH3 is 1. The van der Waals surface area contributed by atoms with E-state index in [0.717, 1.165) is 13.1 Å². The van der Waals surface area contributed by atoms with Gasteiger partial charge in [-0.1, -0.05) is 31.2 Å². The van der Waals surface area contributed by atoms with Crippen LogP contribution < -0.4 is 5.73 Å². The summed E-state index contributed by atoms with van der Waals surface area (Å²) in [5, 5.41) is 0. The molecular weight excluding hydrogens is 224 g/mol. The summed E-state index contributed by atoms with van der Waals surface area (Å²) in [6, 6.07) is 8.61. The fourth-order valence-electron chi connectivity index (χ4n) is 2.59. The van der Waals surface area contributed by atoms with Gasteiger partial charge in [0.15, 0.2) is 0 Å². The molecule has 2 N–H and O–H groups in total. The molecule has 1 aromatic carbocycles. The molecule has 1 aliphatic heterocycles. The van der Waals surface area contributed by atoms with Gasteiger partial charge in [0, 0.05) is 26.7 Å². The van der Waals surface area contributed by atoms with Crippen LogP contribution in [-0.4, -0.2) is 31.2 Å². The Morgan fingerprint density at radius 1 is 1.28 bits per heavy atom. The highest BCUT2D eigenvalue weighted by Crippen LogP contribution is 2.21. The van der Waals surface area contributed by atoms with Crippen molar-refractivity contribution in [2.24, 2.45) is 11.7 Å². The second kappa shape index (κ2) is 6.32. The largest absolute Gasteiger partial charge is 0.380 e. The van der Waals surface area contributed by atoms with Crippen LogP contribution in [0.3, 0.4) is 0 Å². The molecule has 0 radical (unpaired) electrons. The van der Waals surface area contributed by atoms with Crippen LogP contribution in [0.25, 0.3) is 0 Å². The molecule has 3 heteroatoms. The van der Waals surface area contributed by atoms with Gasteiger partial charge in [-0.2, -0.15) is 0 Å². The van der Waals surface area contributed by atoms with Crippen molar-refractivity contribution in [3.8, 4) is 0 Å². The average Bonchev–Trinajstić information content (AvgIpc) is 2.42. The molecule has 0 aliphatic carbocycles. The van der Waals surface area contributed by atoms with Crippen molar-refractivity contribution in [3.63, 3.8) is 0 Å². The van der Waals surface area contributed by atoms with Crippen molar-refractivity contribution >= 4 is 0 Å². The van der Waals surface area contributed by atoms with Crippen LogP contribution >= 0.6 is 0 Å². The van der Waals surface area contributed by atoms with Crippen LogP contribution in [0.1, 0.15) is 24.5 Å². The molecule has 18 heavy (non-hydrogen) atoms. The Kier molecular flexibility index (Phi) is 4.75. The normalized spacial score (nSPS) is 25.3. The predicted octanol–water partition coefficient (Wildman–Crippen LogP) is 2.00. The van der Waals surface area contributed by atoms with Crippen molar-refractivity contribution in [3.05, 3.63) is 35.4 Å². The summed E-state index contributed by atoms with van der Waals surface area (Å²) in [6.07, 6.45) is 1.60. The first-order valence-corrected chi connectivity index (χ1v) is 6.76. The molecule has 0 amide bonds. The Labute approximate surface area is 110 Å². The molecule has 1 aliphatic rings. The van der Waals surface area contributed by atoms with Crippen LogP contribution in [0.4, 0.5) is 0 Å². The fraction of sp³-hybridized carbons (Fsp3) is 0.600. The third kappa shape index (κ3) is 3.31. The Balaban J connectivity index is 1.92. The molecule has 100 valence electrons. The predicted molar refractivity (Wildman–Crippen MR) is 74.2 cm³/mol. The lowest BCUT2D eigenvalue weighted by molar-refractivity contribution is -0.00744. The second-order valence-corrected chi connectivity index (χ2v) is 5.30. The summed E-state index contributed by atoms with van der Waals surface area (Å²) in [4.78, 5) is 2.48. The van der Waals surface area contributed by atoms with Gasteiger partial charge in [-0.15, -0.1) is 0 Å². The zero-order valence-electron chi connectivity index (χ0n) is 11.4. The number of likely N-dealkylation sites (tertiary alicyclic amines) is 1.